The number of likely N-dealkylation sites (N-methyl/N-ethyl adjacent to an activating group) is 1. The van der Waals surface area contributed by atoms with Crippen LogP contribution in [0.15, 0.2) is 60.7 Å². The molecular weight excluding hydrogens is 334 g/mol. The van der Waals surface area contributed by atoms with Crippen LogP contribution in [0.25, 0.3) is 0 Å². The Labute approximate surface area is 156 Å². The SMILES string of the molecule is CN1C(CC(O)c2ccccc2)CCCC1C(=O)c1ccccc1.[Cl-]. The molecule has 4 heteroatoms. The summed E-state index contributed by atoms with van der Waals surface area (Å²) in [5.41, 5.74) is 1.72. The van der Waals surface area contributed by atoms with Crippen LogP contribution in [0.1, 0.15) is 47.7 Å². The second-order valence-corrected chi connectivity index (χ2v) is 6.66. The maximum absolute atomic E-state index is 12.8. The van der Waals surface area contributed by atoms with E-state index in [2.05, 4.69) is 4.90 Å². The Kier molecular flexibility index (Phi) is 7.18. The van der Waals surface area contributed by atoms with Gasteiger partial charge in [-0.2, -0.15) is 0 Å². The average Bonchev–Trinajstić information content (AvgIpc) is 2.64. The van der Waals surface area contributed by atoms with Gasteiger partial charge in [-0.15, -0.1) is 0 Å². The summed E-state index contributed by atoms with van der Waals surface area (Å²) in [5.74, 6) is 0.192. The number of nitrogens with zero attached hydrogens (tertiary/aromatic N) is 1. The third-order valence-electron chi connectivity index (χ3n) is 5.12. The van der Waals surface area contributed by atoms with E-state index < -0.39 is 6.10 Å². The van der Waals surface area contributed by atoms with Crippen LogP contribution in [-0.2, 0) is 0 Å². The van der Waals surface area contributed by atoms with E-state index in [0.29, 0.717) is 6.42 Å². The van der Waals surface area contributed by atoms with E-state index in [1.807, 2.05) is 67.7 Å². The van der Waals surface area contributed by atoms with Gasteiger partial charge >= 0.3 is 0 Å². The van der Waals surface area contributed by atoms with Crippen molar-refractivity contribution in [3.8, 4) is 0 Å². The van der Waals surface area contributed by atoms with E-state index in [1.165, 1.54) is 0 Å². The molecule has 3 rings (SSSR count). The first-order valence-electron chi connectivity index (χ1n) is 8.71. The minimum absolute atomic E-state index is 0. The molecule has 1 heterocycles. The van der Waals surface area contributed by atoms with Crippen LogP contribution in [0.3, 0.4) is 0 Å². The number of carbonyl (C=O) groups is 1. The molecule has 134 valence electrons. The van der Waals surface area contributed by atoms with Crippen molar-refractivity contribution >= 4 is 5.78 Å². The molecule has 0 bridgehead atoms. The quantitative estimate of drug-likeness (QED) is 0.806. The molecule has 3 unspecified atom stereocenters. The number of ketones is 1. The highest BCUT2D eigenvalue weighted by Gasteiger charge is 2.33. The first kappa shape index (κ1) is 19.6. The molecular formula is C21H25ClNO2-. The van der Waals surface area contributed by atoms with E-state index >= 15 is 0 Å². The fourth-order valence-corrected chi connectivity index (χ4v) is 3.67. The van der Waals surface area contributed by atoms with Gasteiger partial charge in [0, 0.05) is 11.6 Å². The van der Waals surface area contributed by atoms with Gasteiger partial charge in [0.1, 0.15) is 0 Å². The summed E-state index contributed by atoms with van der Waals surface area (Å²) in [5, 5.41) is 10.5. The first-order valence-corrected chi connectivity index (χ1v) is 8.71. The Morgan fingerprint density at radius 3 is 2.32 bits per heavy atom. The zero-order valence-electron chi connectivity index (χ0n) is 14.5. The van der Waals surface area contributed by atoms with Crippen molar-refractivity contribution in [1.82, 2.24) is 4.90 Å². The standard InChI is InChI=1S/C21H25NO2.ClH/c1-22-18(15-20(23)16-9-4-2-5-10-16)13-8-14-19(22)21(24)17-11-6-3-7-12-17;/h2-7,9-12,18-20,23H,8,13-15H2,1H3;1H/p-1. The zero-order chi connectivity index (χ0) is 16.9. The third-order valence-corrected chi connectivity index (χ3v) is 5.12. The number of hydrogen-bond acceptors (Lipinski definition) is 3. The van der Waals surface area contributed by atoms with E-state index in [-0.39, 0.29) is 30.3 Å². The number of benzene rings is 2. The second kappa shape index (κ2) is 9.14. The van der Waals surface area contributed by atoms with Crippen LogP contribution in [0.5, 0.6) is 0 Å². The van der Waals surface area contributed by atoms with Gasteiger partial charge in [0.25, 0.3) is 0 Å². The molecule has 0 spiro atoms. The van der Waals surface area contributed by atoms with E-state index in [9.17, 15) is 9.90 Å². The molecule has 1 aliphatic heterocycles. The number of carbonyl (C=O) groups excluding carboxylic acids is 1. The summed E-state index contributed by atoms with van der Waals surface area (Å²) in [6.07, 6.45) is 3.13. The minimum Gasteiger partial charge on any atom is -1.00 e. The second-order valence-electron chi connectivity index (χ2n) is 6.66. The lowest BCUT2D eigenvalue weighted by atomic mass is 9.88. The Bertz CT molecular complexity index is 662. The van der Waals surface area contributed by atoms with Gasteiger partial charge in [-0.05, 0) is 38.3 Å². The van der Waals surface area contributed by atoms with Crippen molar-refractivity contribution in [2.24, 2.45) is 0 Å². The van der Waals surface area contributed by atoms with Gasteiger partial charge in [0.15, 0.2) is 5.78 Å². The molecule has 0 aliphatic carbocycles. The van der Waals surface area contributed by atoms with Crippen LogP contribution in [0.2, 0.25) is 0 Å². The number of likely N-dealkylation sites (tertiary alicyclic amines) is 1. The fraction of sp³-hybridized carbons (Fsp3) is 0.381. The maximum Gasteiger partial charge on any atom is 0.179 e. The normalized spacial score (nSPS) is 22.0. The molecule has 1 N–H and O–H groups in total. The predicted molar refractivity (Wildman–Crippen MR) is 96.0 cm³/mol. The molecule has 25 heavy (non-hydrogen) atoms. The van der Waals surface area contributed by atoms with Crippen LogP contribution in [0.4, 0.5) is 0 Å². The Morgan fingerprint density at radius 1 is 1.08 bits per heavy atom. The topological polar surface area (TPSA) is 40.5 Å². The molecule has 0 amide bonds. The number of aliphatic hydroxyl groups is 1. The van der Waals surface area contributed by atoms with Crippen LogP contribution in [-0.4, -0.2) is 34.9 Å². The molecule has 0 saturated carbocycles. The number of piperidine rings is 1. The maximum atomic E-state index is 12.8. The number of aliphatic hydroxyl groups excluding tert-OH is 1. The van der Waals surface area contributed by atoms with Gasteiger partial charge < -0.3 is 17.5 Å². The van der Waals surface area contributed by atoms with Gasteiger partial charge in [-0.3, -0.25) is 9.69 Å². The van der Waals surface area contributed by atoms with Crippen molar-refractivity contribution in [2.45, 2.75) is 43.9 Å². The summed E-state index contributed by atoms with van der Waals surface area (Å²) in [6.45, 7) is 0. The summed E-state index contributed by atoms with van der Waals surface area (Å²) in [4.78, 5) is 15.0. The number of Topliss-reactive ketones (excluding diaryl/α,β-unsaturated/α-hetero) is 1. The highest BCUT2D eigenvalue weighted by atomic mass is 35.5. The lowest BCUT2D eigenvalue weighted by molar-refractivity contribution is -0.0000145. The average molecular weight is 359 g/mol. The minimum atomic E-state index is -0.482. The van der Waals surface area contributed by atoms with Gasteiger partial charge in [-0.1, -0.05) is 60.7 Å². The van der Waals surface area contributed by atoms with Crippen molar-refractivity contribution in [3.05, 3.63) is 71.8 Å². The number of rotatable bonds is 5. The molecule has 0 aromatic heterocycles. The van der Waals surface area contributed by atoms with E-state index in [1.54, 1.807) is 0 Å². The molecule has 1 saturated heterocycles. The summed E-state index contributed by atoms with van der Waals surface area (Å²) < 4.78 is 0. The van der Waals surface area contributed by atoms with Crippen LogP contribution in [0, 0.1) is 0 Å². The number of halogens is 1. The van der Waals surface area contributed by atoms with Crippen LogP contribution < -0.4 is 12.4 Å². The Balaban J connectivity index is 0.00000225. The molecule has 3 nitrogen and oxygen atoms in total. The smallest absolute Gasteiger partial charge is 0.179 e. The fourth-order valence-electron chi connectivity index (χ4n) is 3.67. The van der Waals surface area contributed by atoms with Crippen molar-refractivity contribution < 1.29 is 22.3 Å². The summed E-state index contributed by atoms with van der Waals surface area (Å²) >= 11 is 0. The van der Waals surface area contributed by atoms with Crippen molar-refractivity contribution in [1.29, 1.82) is 0 Å². The molecule has 1 aliphatic rings. The Morgan fingerprint density at radius 2 is 1.68 bits per heavy atom. The number of hydrogen-bond donors (Lipinski definition) is 1. The lowest BCUT2D eigenvalue weighted by Gasteiger charge is -2.39. The molecule has 2 aromatic rings. The molecule has 3 atom stereocenters. The van der Waals surface area contributed by atoms with Crippen molar-refractivity contribution in [3.63, 3.8) is 0 Å². The molecule has 0 radical (unpaired) electrons. The van der Waals surface area contributed by atoms with E-state index in [0.717, 1.165) is 30.4 Å². The monoisotopic (exact) mass is 358 g/mol. The van der Waals surface area contributed by atoms with Gasteiger partial charge in [-0.25, -0.2) is 0 Å². The predicted octanol–water partition coefficient (Wildman–Crippen LogP) is 0.850. The zero-order valence-corrected chi connectivity index (χ0v) is 15.3. The van der Waals surface area contributed by atoms with Gasteiger partial charge in [0.05, 0.1) is 12.1 Å². The lowest BCUT2D eigenvalue weighted by Crippen LogP contribution is -3.00. The first-order chi connectivity index (χ1) is 11.7. The van der Waals surface area contributed by atoms with Crippen molar-refractivity contribution in [2.75, 3.05) is 7.05 Å². The summed E-state index contributed by atoms with van der Waals surface area (Å²) in [6, 6.07) is 19.4. The van der Waals surface area contributed by atoms with Crippen LogP contribution >= 0.6 is 0 Å². The van der Waals surface area contributed by atoms with Gasteiger partial charge in [0.2, 0.25) is 0 Å². The third kappa shape index (κ3) is 4.69. The molecule has 1 fully saturated rings. The Hall–Kier alpha value is -1.68. The summed E-state index contributed by atoms with van der Waals surface area (Å²) in [7, 11) is 2.02. The van der Waals surface area contributed by atoms with E-state index in [4.69, 9.17) is 0 Å². The highest BCUT2D eigenvalue weighted by Crippen LogP contribution is 2.30. The molecule has 2 aromatic carbocycles. The largest absolute Gasteiger partial charge is 1.00 e. The highest BCUT2D eigenvalue weighted by molar-refractivity contribution is 6.00.